The largest absolute Gasteiger partial charge is 0.507 e. The second kappa shape index (κ2) is 16.7. The lowest BCUT2D eigenvalue weighted by molar-refractivity contribution is 0.477. The molecule has 0 amide bonds. The predicted molar refractivity (Wildman–Crippen MR) is 283 cm³/mol. The fourth-order valence-corrected chi connectivity index (χ4v) is 10.2. The van der Waals surface area contributed by atoms with Crippen LogP contribution in [0.1, 0.15) is 0 Å². The Hall–Kier alpha value is -9.46. The van der Waals surface area contributed by atoms with E-state index in [4.69, 9.17) is 15.0 Å². The summed E-state index contributed by atoms with van der Waals surface area (Å²) in [5.74, 6) is 0.430. The lowest BCUT2D eigenvalue weighted by atomic mass is 9.90. The SMILES string of the molecule is Oc1cccc(-c2ccccc2)c1-c1c(F)cccc1-c1nc(-c2ccc(-c3ccccc3)cc2)nc(-n2c3ccccc3c3ccc4c5ccccc5n(-c5cccc(-c6ccccc6)c5)c4c32)n1. The van der Waals surface area contributed by atoms with E-state index >= 15 is 4.39 Å². The number of nitrogens with zero attached hydrogens (tertiary/aromatic N) is 5. The number of aromatic nitrogens is 5. The highest BCUT2D eigenvalue weighted by Gasteiger charge is 2.26. The molecule has 0 spiro atoms. The van der Waals surface area contributed by atoms with E-state index in [1.165, 1.54) is 6.07 Å². The highest BCUT2D eigenvalue weighted by Crippen LogP contribution is 2.46. The molecule has 10 aromatic carbocycles. The van der Waals surface area contributed by atoms with Crippen LogP contribution in [0.3, 0.4) is 0 Å². The summed E-state index contributed by atoms with van der Waals surface area (Å²) in [6.07, 6.45) is 0. The quantitative estimate of drug-likeness (QED) is 0.165. The van der Waals surface area contributed by atoms with Crippen molar-refractivity contribution >= 4 is 43.6 Å². The molecule has 0 unspecified atom stereocenters. The Morgan fingerprint density at radius 2 is 0.843 bits per heavy atom. The fourth-order valence-electron chi connectivity index (χ4n) is 10.2. The van der Waals surface area contributed by atoms with Crippen molar-refractivity contribution in [2.45, 2.75) is 0 Å². The van der Waals surface area contributed by atoms with Crippen LogP contribution >= 0.6 is 0 Å². The van der Waals surface area contributed by atoms with Crippen molar-refractivity contribution < 1.29 is 9.50 Å². The van der Waals surface area contributed by atoms with Crippen molar-refractivity contribution in [3.05, 3.63) is 242 Å². The number of rotatable bonds is 8. The van der Waals surface area contributed by atoms with Gasteiger partial charge in [-0.2, -0.15) is 9.97 Å². The number of benzene rings is 10. The van der Waals surface area contributed by atoms with Gasteiger partial charge in [0.25, 0.3) is 0 Å². The van der Waals surface area contributed by atoms with Crippen LogP contribution in [0.5, 0.6) is 5.75 Å². The Labute approximate surface area is 402 Å². The number of para-hydroxylation sites is 2. The van der Waals surface area contributed by atoms with Gasteiger partial charge in [-0.25, -0.2) is 9.37 Å². The molecule has 0 fully saturated rings. The summed E-state index contributed by atoms with van der Waals surface area (Å²) >= 11 is 0. The van der Waals surface area contributed by atoms with Gasteiger partial charge in [-0.1, -0.05) is 200 Å². The van der Waals surface area contributed by atoms with Crippen LogP contribution in [0.2, 0.25) is 0 Å². The van der Waals surface area contributed by atoms with Crippen molar-refractivity contribution in [3.8, 4) is 84.7 Å². The van der Waals surface area contributed by atoms with Crippen LogP contribution in [0.15, 0.2) is 237 Å². The van der Waals surface area contributed by atoms with Crippen molar-refractivity contribution in [1.82, 2.24) is 24.1 Å². The molecule has 13 rings (SSSR count). The molecule has 330 valence electrons. The van der Waals surface area contributed by atoms with Gasteiger partial charge in [0, 0.05) is 49.5 Å². The van der Waals surface area contributed by atoms with Gasteiger partial charge in [0.05, 0.1) is 22.1 Å². The Balaban J connectivity index is 1.12. The van der Waals surface area contributed by atoms with Gasteiger partial charge < -0.3 is 9.67 Å². The van der Waals surface area contributed by atoms with E-state index in [1.807, 2.05) is 84.9 Å². The second-order valence-electron chi connectivity index (χ2n) is 17.4. The molecule has 0 aliphatic carbocycles. The zero-order valence-electron chi connectivity index (χ0n) is 37.6. The van der Waals surface area contributed by atoms with Crippen LogP contribution in [0.4, 0.5) is 4.39 Å². The predicted octanol–water partition coefficient (Wildman–Crippen LogP) is 15.9. The minimum atomic E-state index is -0.521. The van der Waals surface area contributed by atoms with Gasteiger partial charge in [0.15, 0.2) is 11.6 Å². The molecule has 0 saturated heterocycles. The van der Waals surface area contributed by atoms with Crippen molar-refractivity contribution in [1.29, 1.82) is 0 Å². The van der Waals surface area contributed by atoms with Gasteiger partial charge in [0.2, 0.25) is 5.95 Å². The first-order valence-electron chi connectivity index (χ1n) is 23.3. The standard InChI is InChI=1S/C63H40FN5O/c64-53-29-15-28-52(57(53)58-47(27-16-32-56(58)70)43-21-8-3-9-22-43)62-65-61(44-35-33-42(34-36-44)40-17-4-1-5-18-40)66-63(67-62)69-55-31-13-11-26-49(55)51-38-37-50-48-25-10-12-30-54(48)68(59(50)60(51)69)46-24-14-23-45(39-46)41-19-6-2-7-20-41/h1-39,70H. The van der Waals surface area contributed by atoms with E-state index < -0.39 is 5.82 Å². The highest BCUT2D eigenvalue weighted by atomic mass is 19.1. The van der Waals surface area contributed by atoms with Gasteiger partial charge in [0.1, 0.15) is 11.6 Å². The normalized spacial score (nSPS) is 11.6. The van der Waals surface area contributed by atoms with E-state index in [1.54, 1.807) is 18.2 Å². The maximum absolute atomic E-state index is 16.9. The average Bonchev–Trinajstić information content (AvgIpc) is 3.95. The molecule has 0 atom stereocenters. The first-order chi connectivity index (χ1) is 34.6. The summed E-state index contributed by atoms with van der Waals surface area (Å²) < 4.78 is 21.4. The van der Waals surface area contributed by atoms with Gasteiger partial charge in [-0.05, 0) is 69.8 Å². The zero-order valence-corrected chi connectivity index (χ0v) is 37.6. The number of hydrogen-bond acceptors (Lipinski definition) is 4. The molecule has 70 heavy (non-hydrogen) atoms. The Kier molecular flexibility index (Phi) is 9.73. The number of halogens is 1. The molecular formula is C63H40FN5O. The third-order valence-corrected chi connectivity index (χ3v) is 13.4. The molecule has 7 heteroatoms. The number of hydrogen-bond donors (Lipinski definition) is 1. The maximum atomic E-state index is 16.9. The summed E-state index contributed by atoms with van der Waals surface area (Å²) in [5, 5.41) is 16.0. The molecule has 6 nitrogen and oxygen atoms in total. The van der Waals surface area contributed by atoms with Crippen LogP contribution in [-0.4, -0.2) is 29.2 Å². The van der Waals surface area contributed by atoms with Crippen molar-refractivity contribution in [2.75, 3.05) is 0 Å². The third-order valence-electron chi connectivity index (χ3n) is 13.4. The molecular weight excluding hydrogens is 862 g/mol. The van der Waals surface area contributed by atoms with E-state index in [2.05, 4.69) is 137 Å². The number of phenolic OH excluding ortho intramolecular Hbond substituents is 1. The zero-order chi connectivity index (χ0) is 46.7. The lowest BCUT2D eigenvalue weighted by Gasteiger charge is -2.17. The molecule has 13 aromatic rings. The smallest absolute Gasteiger partial charge is 0.238 e. The van der Waals surface area contributed by atoms with Crippen molar-refractivity contribution in [2.24, 2.45) is 0 Å². The topological polar surface area (TPSA) is 68.8 Å². The Bertz CT molecular complexity index is 4130. The molecule has 1 N–H and O–H groups in total. The second-order valence-corrected chi connectivity index (χ2v) is 17.4. The molecule has 3 aromatic heterocycles. The molecule has 0 aliphatic heterocycles. The maximum Gasteiger partial charge on any atom is 0.238 e. The summed E-state index contributed by atoms with van der Waals surface area (Å²) in [4.78, 5) is 16.0. The lowest BCUT2D eigenvalue weighted by Crippen LogP contribution is -2.08. The van der Waals surface area contributed by atoms with E-state index in [0.717, 1.165) is 82.7 Å². The van der Waals surface area contributed by atoms with Crippen LogP contribution < -0.4 is 0 Å². The summed E-state index contributed by atoms with van der Waals surface area (Å²) in [6, 6.07) is 78.7. The summed E-state index contributed by atoms with van der Waals surface area (Å²) in [5.41, 5.74) is 12.4. The number of aromatic hydroxyl groups is 1. The van der Waals surface area contributed by atoms with Gasteiger partial charge in [-0.3, -0.25) is 4.57 Å². The monoisotopic (exact) mass is 901 g/mol. The molecule has 0 bridgehead atoms. The molecule has 3 heterocycles. The van der Waals surface area contributed by atoms with E-state index in [-0.39, 0.29) is 17.1 Å². The molecule has 0 aliphatic rings. The number of fused-ring (bicyclic) bond motifs is 7. The molecule has 0 saturated carbocycles. The summed E-state index contributed by atoms with van der Waals surface area (Å²) in [7, 11) is 0. The third kappa shape index (κ3) is 6.74. The molecule has 0 radical (unpaired) electrons. The highest BCUT2D eigenvalue weighted by molar-refractivity contribution is 6.23. The first kappa shape index (κ1) is 40.8. The number of phenols is 1. The van der Waals surface area contributed by atoms with Crippen LogP contribution in [-0.2, 0) is 0 Å². The Morgan fingerprint density at radius 1 is 0.343 bits per heavy atom. The average molecular weight is 902 g/mol. The summed E-state index contributed by atoms with van der Waals surface area (Å²) in [6.45, 7) is 0. The van der Waals surface area contributed by atoms with Gasteiger partial charge in [-0.15, -0.1) is 0 Å². The van der Waals surface area contributed by atoms with Gasteiger partial charge >= 0.3 is 0 Å². The van der Waals surface area contributed by atoms with Crippen molar-refractivity contribution in [3.63, 3.8) is 0 Å². The van der Waals surface area contributed by atoms with E-state index in [0.29, 0.717) is 28.5 Å². The minimum absolute atomic E-state index is 0.0624. The van der Waals surface area contributed by atoms with E-state index in [9.17, 15) is 5.11 Å². The van der Waals surface area contributed by atoms with Crippen LogP contribution in [0, 0.1) is 5.82 Å². The first-order valence-corrected chi connectivity index (χ1v) is 23.3. The Morgan fingerprint density at radius 3 is 1.53 bits per heavy atom. The minimum Gasteiger partial charge on any atom is -0.507 e. The van der Waals surface area contributed by atoms with Crippen LogP contribution in [0.25, 0.3) is 123 Å². The fraction of sp³-hybridized carbons (Fsp3) is 0.